The summed E-state index contributed by atoms with van der Waals surface area (Å²) in [6.07, 6.45) is 2.55. The van der Waals surface area contributed by atoms with Crippen LogP contribution in [-0.2, 0) is 6.42 Å². The molecule has 0 unspecified atom stereocenters. The van der Waals surface area contributed by atoms with Crippen LogP contribution in [0.4, 0.5) is 0 Å². The number of aryl methyl sites for hydroxylation is 1. The van der Waals surface area contributed by atoms with Crippen LogP contribution < -0.4 is 5.32 Å². The highest BCUT2D eigenvalue weighted by atomic mass is 16.1. The Kier molecular flexibility index (Phi) is 3.92. The number of hydrogen-bond donors (Lipinski definition) is 1. The van der Waals surface area contributed by atoms with Crippen LogP contribution in [-0.4, -0.2) is 12.5 Å². The van der Waals surface area contributed by atoms with Crippen molar-refractivity contribution in [3.63, 3.8) is 0 Å². The summed E-state index contributed by atoms with van der Waals surface area (Å²) in [6, 6.07) is 7.64. The first-order valence-electron chi connectivity index (χ1n) is 4.76. The Bertz CT molecular complexity index is 331. The Hall–Kier alpha value is -1.57. The van der Waals surface area contributed by atoms with Crippen molar-refractivity contribution in [3.8, 4) is 0 Å². The minimum atomic E-state index is -0.0256. The summed E-state index contributed by atoms with van der Waals surface area (Å²) in [4.78, 5) is 11.6. The van der Waals surface area contributed by atoms with E-state index in [1.165, 1.54) is 0 Å². The van der Waals surface area contributed by atoms with Gasteiger partial charge in [0.25, 0.3) is 5.91 Å². The van der Waals surface area contributed by atoms with Crippen LogP contribution in [0.3, 0.4) is 0 Å². The van der Waals surface area contributed by atoms with Crippen molar-refractivity contribution in [2.75, 3.05) is 6.54 Å². The Balaban J connectivity index is 2.82. The van der Waals surface area contributed by atoms with Gasteiger partial charge in [0.05, 0.1) is 0 Å². The van der Waals surface area contributed by atoms with Crippen LogP contribution in [0, 0.1) is 0 Å². The van der Waals surface area contributed by atoms with Gasteiger partial charge in [0, 0.05) is 12.1 Å². The number of carbonyl (C=O) groups is 1. The maximum absolute atomic E-state index is 11.6. The van der Waals surface area contributed by atoms with Gasteiger partial charge in [0.2, 0.25) is 0 Å². The molecule has 0 bridgehead atoms. The molecule has 0 atom stereocenters. The van der Waals surface area contributed by atoms with Crippen LogP contribution in [0.15, 0.2) is 36.9 Å². The molecule has 0 radical (unpaired) electrons. The van der Waals surface area contributed by atoms with Gasteiger partial charge in [-0.1, -0.05) is 31.2 Å². The summed E-state index contributed by atoms with van der Waals surface area (Å²) in [5.74, 6) is -0.0256. The summed E-state index contributed by atoms with van der Waals surface area (Å²) in [7, 11) is 0. The zero-order chi connectivity index (χ0) is 10.4. The number of hydrogen-bond acceptors (Lipinski definition) is 1. The first-order chi connectivity index (χ1) is 6.79. The van der Waals surface area contributed by atoms with E-state index in [-0.39, 0.29) is 5.91 Å². The molecule has 1 amide bonds. The quantitative estimate of drug-likeness (QED) is 0.722. The second-order valence-corrected chi connectivity index (χ2v) is 3.01. The lowest BCUT2D eigenvalue weighted by Gasteiger charge is -2.06. The van der Waals surface area contributed by atoms with E-state index in [1.54, 1.807) is 6.08 Å². The van der Waals surface area contributed by atoms with Gasteiger partial charge in [-0.3, -0.25) is 4.79 Å². The van der Waals surface area contributed by atoms with E-state index in [0.717, 1.165) is 17.5 Å². The molecule has 74 valence electrons. The molecule has 1 aromatic rings. The average molecular weight is 189 g/mol. The van der Waals surface area contributed by atoms with E-state index in [0.29, 0.717) is 6.54 Å². The molecule has 0 aliphatic carbocycles. The zero-order valence-corrected chi connectivity index (χ0v) is 8.42. The Labute approximate surface area is 84.6 Å². The van der Waals surface area contributed by atoms with Gasteiger partial charge >= 0.3 is 0 Å². The van der Waals surface area contributed by atoms with Crippen molar-refractivity contribution in [2.45, 2.75) is 13.3 Å². The SMILES string of the molecule is C=CCNC(=O)c1ccccc1CC. The Morgan fingerprint density at radius 3 is 2.86 bits per heavy atom. The lowest BCUT2D eigenvalue weighted by atomic mass is 10.0. The molecule has 0 saturated carbocycles. The molecule has 0 aliphatic rings. The molecular weight excluding hydrogens is 174 g/mol. The predicted octanol–water partition coefficient (Wildman–Crippen LogP) is 2.16. The highest BCUT2D eigenvalue weighted by Gasteiger charge is 2.07. The zero-order valence-electron chi connectivity index (χ0n) is 8.42. The fraction of sp³-hybridized carbons (Fsp3) is 0.250. The molecule has 2 heteroatoms. The topological polar surface area (TPSA) is 29.1 Å². The van der Waals surface area contributed by atoms with Crippen LogP contribution >= 0.6 is 0 Å². The number of amides is 1. The molecule has 0 spiro atoms. The van der Waals surface area contributed by atoms with Crippen molar-refractivity contribution in [3.05, 3.63) is 48.0 Å². The van der Waals surface area contributed by atoms with Gasteiger partial charge < -0.3 is 5.32 Å². The summed E-state index contributed by atoms with van der Waals surface area (Å²) >= 11 is 0. The van der Waals surface area contributed by atoms with Crippen LogP contribution in [0.25, 0.3) is 0 Å². The number of rotatable bonds is 4. The van der Waals surface area contributed by atoms with Crippen LogP contribution in [0.5, 0.6) is 0 Å². The summed E-state index contributed by atoms with van der Waals surface area (Å²) in [6.45, 7) is 6.11. The lowest BCUT2D eigenvalue weighted by Crippen LogP contribution is -2.24. The molecule has 0 aliphatic heterocycles. The minimum absolute atomic E-state index is 0.0256. The molecule has 0 heterocycles. The smallest absolute Gasteiger partial charge is 0.251 e. The standard InChI is InChI=1S/C12H15NO/c1-3-9-13-12(14)11-8-6-5-7-10(11)4-2/h3,5-8H,1,4,9H2,2H3,(H,13,14). The summed E-state index contributed by atoms with van der Waals surface area (Å²) in [5.41, 5.74) is 1.84. The summed E-state index contributed by atoms with van der Waals surface area (Å²) < 4.78 is 0. The van der Waals surface area contributed by atoms with E-state index in [9.17, 15) is 4.79 Å². The average Bonchev–Trinajstić information content (AvgIpc) is 2.25. The highest BCUT2D eigenvalue weighted by Crippen LogP contribution is 2.08. The maximum atomic E-state index is 11.6. The minimum Gasteiger partial charge on any atom is -0.349 e. The van der Waals surface area contributed by atoms with Crippen molar-refractivity contribution in [1.82, 2.24) is 5.32 Å². The van der Waals surface area contributed by atoms with E-state index in [4.69, 9.17) is 0 Å². The monoisotopic (exact) mass is 189 g/mol. The third-order valence-electron chi connectivity index (χ3n) is 2.05. The van der Waals surface area contributed by atoms with E-state index in [2.05, 4.69) is 11.9 Å². The maximum Gasteiger partial charge on any atom is 0.251 e. The molecule has 1 N–H and O–H groups in total. The van der Waals surface area contributed by atoms with Gasteiger partial charge in [-0.25, -0.2) is 0 Å². The second kappa shape index (κ2) is 5.22. The highest BCUT2D eigenvalue weighted by molar-refractivity contribution is 5.95. The number of benzene rings is 1. The van der Waals surface area contributed by atoms with E-state index in [1.807, 2.05) is 31.2 Å². The largest absolute Gasteiger partial charge is 0.349 e. The normalized spacial score (nSPS) is 9.50. The van der Waals surface area contributed by atoms with Gasteiger partial charge in [-0.05, 0) is 18.1 Å². The fourth-order valence-electron chi connectivity index (χ4n) is 1.31. The van der Waals surface area contributed by atoms with E-state index < -0.39 is 0 Å². The molecule has 14 heavy (non-hydrogen) atoms. The van der Waals surface area contributed by atoms with Gasteiger partial charge in [-0.15, -0.1) is 6.58 Å². The predicted molar refractivity (Wildman–Crippen MR) is 58.4 cm³/mol. The van der Waals surface area contributed by atoms with Crippen LogP contribution in [0.1, 0.15) is 22.8 Å². The van der Waals surface area contributed by atoms with Crippen molar-refractivity contribution >= 4 is 5.91 Å². The fourth-order valence-corrected chi connectivity index (χ4v) is 1.31. The van der Waals surface area contributed by atoms with E-state index >= 15 is 0 Å². The number of nitrogens with one attached hydrogen (secondary N) is 1. The van der Waals surface area contributed by atoms with Gasteiger partial charge in [-0.2, -0.15) is 0 Å². The Morgan fingerprint density at radius 1 is 1.50 bits per heavy atom. The third kappa shape index (κ3) is 2.46. The van der Waals surface area contributed by atoms with Crippen molar-refractivity contribution in [1.29, 1.82) is 0 Å². The first kappa shape index (κ1) is 10.5. The molecular formula is C12H15NO. The Morgan fingerprint density at radius 2 is 2.21 bits per heavy atom. The van der Waals surface area contributed by atoms with Crippen molar-refractivity contribution in [2.24, 2.45) is 0 Å². The number of carbonyl (C=O) groups excluding carboxylic acids is 1. The molecule has 1 rings (SSSR count). The molecule has 0 fully saturated rings. The summed E-state index contributed by atoms with van der Waals surface area (Å²) in [5, 5.41) is 2.77. The van der Waals surface area contributed by atoms with Crippen LogP contribution in [0.2, 0.25) is 0 Å². The molecule has 1 aromatic carbocycles. The molecule has 0 saturated heterocycles. The third-order valence-corrected chi connectivity index (χ3v) is 2.05. The van der Waals surface area contributed by atoms with Crippen molar-refractivity contribution < 1.29 is 4.79 Å². The van der Waals surface area contributed by atoms with Gasteiger partial charge in [0.15, 0.2) is 0 Å². The lowest BCUT2D eigenvalue weighted by molar-refractivity contribution is 0.0957. The second-order valence-electron chi connectivity index (χ2n) is 3.01. The molecule has 0 aromatic heterocycles. The first-order valence-corrected chi connectivity index (χ1v) is 4.76. The van der Waals surface area contributed by atoms with Gasteiger partial charge in [0.1, 0.15) is 0 Å². The molecule has 2 nitrogen and oxygen atoms in total.